The summed E-state index contributed by atoms with van der Waals surface area (Å²) in [5.41, 5.74) is 6.06. The van der Waals surface area contributed by atoms with Crippen molar-refractivity contribution >= 4 is 11.8 Å². The largest absolute Gasteiger partial charge is 0.497 e. The van der Waals surface area contributed by atoms with Crippen molar-refractivity contribution < 1.29 is 4.74 Å². The lowest BCUT2D eigenvalue weighted by atomic mass is 9.94. The molecule has 0 atom stereocenters. The summed E-state index contributed by atoms with van der Waals surface area (Å²) in [4.78, 5) is 2.14. The quantitative estimate of drug-likeness (QED) is 0.815. The highest BCUT2D eigenvalue weighted by Crippen LogP contribution is 2.36. The van der Waals surface area contributed by atoms with E-state index in [1.807, 2.05) is 18.2 Å². The minimum Gasteiger partial charge on any atom is -0.497 e. The van der Waals surface area contributed by atoms with E-state index in [-0.39, 0.29) is 0 Å². The van der Waals surface area contributed by atoms with E-state index in [0.717, 1.165) is 5.75 Å². The molecule has 104 valence electrons. The third kappa shape index (κ3) is 2.55. The SMILES string of the molecule is C=Cc1ccc(N(C)C)c(-c2ccc(OC)cc2)c1C. The lowest BCUT2D eigenvalue weighted by Gasteiger charge is -2.21. The molecule has 2 nitrogen and oxygen atoms in total. The molecule has 0 aliphatic heterocycles. The molecule has 2 aromatic carbocycles. The van der Waals surface area contributed by atoms with Crippen LogP contribution in [0.1, 0.15) is 11.1 Å². The van der Waals surface area contributed by atoms with Crippen molar-refractivity contribution in [1.29, 1.82) is 0 Å². The molecule has 0 aromatic heterocycles. The molecule has 0 heterocycles. The van der Waals surface area contributed by atoms with Gasteiger partial charge < -0.3 is 9.64 Å². The van der Waals surface area contributed by atoms with Gasteiger partial charge in [0.25, 0.3) is 0 Å². The first-order valence-electron chi connectivity index (χ1n) is 6.66. The number of rotatable bonds is 4. The Kier molecular flexibility index (Phi) is 4.14. The Balaban J connectivity index is 2.65. The zero-order chi connectivity index (χ0) is 14.7. The highest BCUT2D eigenvalue weighted by molar-refractivity contribution is 5.84. The maximum Gasteiger partial charge on any atom is 0.118 e. The molecule has 2 heteroatoms. The summed E-state index contributed by atoms with van der Waals surface area (Å²) in [6.45, 7) is 6.04. The molecular formula is C18H21NO. The molecular weight excluding hydrogens is 246 g/mol. The van der Waals surface area contributed by atoms with Gasteiger partial charge in [0.05, 0.1) is 7.11 Å². The Labute approximate surface area is 121 Å². The van der Waals surface area contributed by atoms with Crippen LogP contribution in [0.3, 0.4) is 0 Å². The number of benzene rings is 2. The van der Waals surface area contributed by atoms with Crippen LogP contribution in [0.4, 0.5) is 5.69 Å². The van der Waals surface area contributed by atoms with Crippen molar-refractivity contribution in [3.05, 3.63) is 54.1 Å². The molecule has 0 bridgehead atoms. The van der Waals surface area contributed by atoms with Gasteiger partial charge in [-0.3, -0.25) is 0 Å². The number of ether oxygens (including phenoxy) is 1. The molecule has 0 radical (unpaired) electrons. The van der Waals surface area contributed by atoms with Gasteiger partial charge in [-0.05, 0) is 41.8 Å². The van der Waals surface area contributed by atoms with E-state index < -0.39 is 0 Å². The molecule has 0 unspecified atom stereocenters. The Morgan fingerprint density at radius 2 is 1.70 bits per heavy atom. The average molecular weight is 267 g/mol. The topological polar surface area (TPSA) is 12.5 Å². The normalized spacial score (nSPS) is 10.2. The van der Waals surface area contributed by atoms with Crippen molar-refractivity contribution in [1.82, 2.24) is 0 Å². The number of methoxy groups -OCH3 is 1. The van der Waals surface area contributed by atoms with Crippen molar-refractivity contribution in [3.8, 4) is 16.9 Å². The van der Waals surface area contributed by atoms with Crippen molar-refractivity contribution in [3.63, 3.8) is 0 Å². The molecule has 0 saturated heterocycles. The summed E-state index contributed by atoms with van der Waals surface area (Å²) in [6, 6.07) is 12.4. The van der Waals surface area contributed by atoms with Crippen LogP contribution < -0.4 is 9.64 Å². The average Bonchev–Trinajstić information content (AvgIpc) is 2.47. The summed E-state index contributed by atoms with van der Waals surface area (Å²) in [6.07, 6.45) is 1.90. The minimum absolute atomic E-state index is 0.873. The molecule has 2 rings (SSSR count). The van der Waals surface area contributed by atoms with Crippen LogP contribution in [0.25, 0.3) is 17.2 Å². The molecule has 0 amide bonds. The van der Waals surface area contributed by atoms with Gasteiger partial charge >= 0.3 is 0 Å². The van der Waals surface area contributed by atoms with Crippen molar-refractivity contribution in [2.45, 2.75) is 6.92 Å². The fourth-order valence-electron chi connectivity index (χ4n) is 2.43. The summed E-state index contributed by atoms with van der Waals surface area (Å²) in [7, 11) is 5.81. The highest BCUT2D eigenvalue weighted by atomic mass is 16.5. The van der Waals surface area contributed by atoms with Crippen molar-refractivity contribution in [2.75, 3.05) is 26.1 Å². The van der Waals surface area contributed by atoms with E-state index in [1.165, 1.54) is 27.9 Å². The van der Waals surface area contributed by atoms with Crippen LogP contribution in [0.15, 0.2) is 43.0 Å². The third-order valence-corrected chi connectivity index (χ3v) is 3.57. The zero-order valence-electron chi connectivity index (χ0n) is 12.6. The molecule has 20 heavy (non-hydrogen) atoms. The van der Waals surface area contributed by atoms with E-state index in [9.17, 15) is 0 Å². The van der Waals surface area contributed by atoms with E-state index in [0.29, 0.717) is 0 Å². The second-order valence-corrected chi connectivity index (χ2v) is 5.00. The van der Waals surface area contributed by atoms with Crippen LogP contribution in [0, 0.1) is 6.92 Å². The fraction of sp³-hybridized carbons (Fsp3) is 0.222. The van der Waals surface area contributed by atoms with Gasteiger partial charge in [-0.1, -0.05) is 30.9 Å². The molecule has 0 fully saturated rings. The Morgan fingerprint density at radius 1 is 1.05 bits per heavy atom. The van der Waals surface area contributed by atoms with Crippen molar-refractivity contribution in [2.24, 2.45) is 0 Å². The van der Waals surface area contributed by atoms with Gasteiger partial charge in [0, 0.05) is 25.3 Å². The van der Waals surface area contributed by atoms with Crippen LogP contribution in [0.2, 0.25) is 0 Å². The maximum atomic E-state index is 5.23. The molecule has 0 N–H and O–H groups in total. The van der Waals surface area contributed by atoms with Crippen LogP contribution >= 0.6 is 0 Å². The summed E-state index contributed by atoms with van der Waals surface area (Å²) in [5.74, 6) is 0.873. The molecule has 0 saturated carbocycles. The monoisotopic (exact) mass is 267 g/mol. The summed E-state index contributed by atoms with van der Waals surface area (Å²) < 4.78 is 5.23. The third-order valence-electron chi connectivity index (χ3n) is 3.57. The van der Waals surface area contributed by atoms with Gasteiger partial charge in [-0.25, -0.2) is 0 Å². The number of anilines is 1. The fourth-order valence-corrected chi connectivity index (χ4v) is 2.43. The minimum atomic E-state index is 0.873. The first-order valence-corrected chi connectivity index (χ1v) is 6.66. The Hall–Kier alpha value is -2.22. The van der Waals surface area contributed by atoms with Crippen LogP contribution in [-0.4, -0.2) is 21.2 Å². The van der Waals surface area contributed by atoms with Gasteiger partial charge in [0.15, 0.2) is 0 Å². The summed E-state index contributed by atoms with van der Waals surface area (Å²) in [5, 5.41) is 0. The van der Waals surface area contributed by atoms with Crippen LogP contribution in [0.5, 0.6) is 5.75 Å². The van der Waals surface area contributed by atoms with E-state index >= 15 is 0 Å². The Morgan fingerprint density at radius 3 is 2.20 bits per heavy atom. The van der Waals surface area contributed by atoms with Gasteiger partial charge in [0.1, 0.15) is 5.75 Å². The second kappa shape index (κ2) is 5.83. The standard InChI is InChI=1S/C18H21NO/c1-6-14-9-12-17(19(3)4)18(13(14)2)15-7-10-16(20-5)11-8-15/h6-12H,1H2,2-5H3. The van der Waals surface area contributed by atoms with Gasteiger partial charge in [-0.2, -0.15) is 0 Å². The molecule has 0 spiro atoms. The predicted molar refractivity (Wildman–Crippen MR) is 87.6 cm³/mol. The van der Waals surface area contributed by atoms with E-state index in [1.54, 1.807) is 7.11 Å². The molecule has 0 aliphatic carbocycles. The number of hydrogen-bond donors (Lipinski definition) is 0. The number of nitrogens with zero attached hydrogens (tertiary/aromatic N) is 1. The lowest BCUT2D eigenvalue weighted by Crippen LogP contribution is -2.11. The van der Waals surface area contributed by atoms with E-state index in [4.69, 9.17) is 4.74 Å². The molecule has 0 aliphatic rings. The van der Waals surface area contributed by atoms with Gasteiger partial charge in [-0.15, -0.1) is 0 Å². The maximum absolute atomic E-state index is 5.23. The van der Waals surface area contributed by atoms with E-state index in [2.05, 4.69) is 56.8 Å². The van der Waals surface area contributed by atoms with Gasteiger partial charge in [0.2, 0.25) is 0 Å². The first-order chi connectivity index (χ1) is 9.58. The zero-order valence-corrected chi connectivity index (χ0v) is 12.6. The predicted octanol–water partition coefficient (Wildman–Crippen LogP) is 4.38. The summed E-state index contributed by atoms with van der Waals surface area (Å²) >= 11 is 0. The first kappa shape index (κ1) is 14.2. The Bertz CT molecular complexity index is 612. The number of hydrogen-bond acceptors (Lipinski definition) is 2. The highest BCUT2D eigenvalue weighted by Gasteiger charge is 2.12. The smallest absolute Gasteiger partial charge is 0.118 e. The second-order valence-electron chi connectivity index (χ2n) is 5.00. The van der Waals surface area contributed by atoms with Crippen LogP contribution in [-0.2, 0) is 0 Å². The molecule has 2 aromatic rings. The lowest BCUT2D eigenvalue weighted by molar-refractivity contribution is 0.415.